The molecule has 1 aromatic carbocycles. The standard InChI is InChI=1S/C21H29NO2S2/c1-14-15(2)23-20(16-10-6-5-7-11-16)22(14)19(3,4)21(26-20)24-17-12-8-9-13-18(17)25-21/h5-7,10-11,14-15,17-18H,8-9,12-13H2,1-4H3/t14-,15+,17-,18-,20+,21+/m1/s1. The highest BCUT2D eigenvalue weighted by atomic mass is 32.2. The van der Waals surface area contributed by atoms with Gasteiger partial charge in [0, 0.05) is 16.9 Å². The second-order valence-corrected chi connectivity index (χ2v) is 11.7. The molecule has 0 aromatic heterocycles. The number of hydrogen-bond acceptors (Lipinski definition) is 5. The largest absolute Gasteiger partial charge is 0.348 e. The van der Waals surface area contributed by atoms with Gasteiger partial charge in [0.05, 0.1) is 17.7 Å². The van der Waals surface area contributed by atoms with Gasteiger partial charge in [-0.2, -0.15) is 0 Å². The number of thioether (sulfide) groups is 2. The highest BCUT2D eigenvalue weighted by molar-refractivity contribution is 8.19. The highest BCUT2D eigenvalue weighted by Crippen LogP contribution is 2.73. The lowest BCUT2D eigenvalue weighted by atomic mass is 9.96. The van der Waals surface area contributed by atoms with Crippen LogP contribution in [-0.2, 0) is 14.5 Å². The van der Waals surface area contributed by atoms with E-state index >= 15 is 0 Å². The van der Waals surface area contributed by atoms with Crippen LogP contribution in [0.3, 0.4) is 0 Å². The van der Waals surface area contributed by atoms with Crippen molar-refractivity contribution in [3.05, 3.63) is 35.9 Å². The van der Waals surface area contributed by atoms with Gasteiger partial charge in [-0.25, -0.2) is 4.90 Å². The zero-order valence-corrected chi connectivity index (χ0v) is 17.7. The van der Waals surface area contributed by atoms with E-state index in [2.05, 4.69) is 74.7 Å². The fraction of sp³-hybridized carbons (Fsp3) is 0.714. The summed E-state index contributed by atoms with van der Waals surface area (Å²) < 4.78 is 13.4. The van der Waals surface area contributed by atoms with E-state index < -0.39 is 5.06 Å². The van der Waals surface area contributed by atoms with Crippen LogP contribution in [0, 0.1) is 0 Å². The third-order valence-corrected chi connectivity index (χ3v) is 10.7. The minimum Gasteiger partial charge on any atom is -0.348 e. The van der Waals surface area contributed by atoms with Gasteiger partial charge < -0.3 is 9.47 Å². The van der Waals surface area contributed by atoms with Crippen molar-refractivity contribution in [2.75, 3.05) is 0 Å². The van der Waals surface area contributed by atoms with Crippen molar-refractivity contribution < 1.29 is 9.47 Å². The van der Waals surface area contributed by atoms with Crippen LogP contribution in [0.15, 0.2) is 30.3 Å². The Balaban J connectivity index is 1.61. The molecule has 3 nitrogen and oxygen atoms in total. The lowest BCUT2D eigenvalue weighted by Crippen LogP contribution is -2.56. The van der Waals surface area contributed by atoms with E-state index in [1.807, 2.05) is 11.8 Å². The third-order valence-electron chi connectivity index (χ3n) is 6.77. The van der Waals surface area contributed by atoms with Crippen molar-refractivity contribution in [2.24, 2.45) is 0 Å². The fourth-order valence-corrected chi connectivity index (χ4v) is 9.63. The number of rotatable bonds is 1. The van der Waals surface area contributed by atoms with Crippen LogP contribution in [0.25, 0.3) is 0 Å². The van der Waals surface area contributed by atoms with E-state index in [-0.39, 0.29) is 15.9 Å². The van der Waals surface area contributed by atoms with Gasteiger partial charge in [-0.05, 0) is 40.5 Å². The zero-order chi connectivity index (χ0) is 18.2. The summed E-state index contributed by atoms with van der Waals surface area (Å²) in [5, 5.41) is 0.181. The first kappa shape index (κ1) is 17.9. The molecule has 0 bridgehead atoms. The maximum Gasteiger partial charge on any atom is 0.201 e. The first-order valence-corrected chi connectivity index (χ1v) is 11.7. The summed E-state index contributed by atoms with van der Waals surface area (Å²) in [6.07, 6.45) is 5.76. The van der Waals surface area contributed by atoms with Gasteiger partial charge in [0.15, 0.2) is 4.27 Å². The normalized spacial score (nSPS) is 47.2. The summed E-state index contributed by atoms with van der Waals surface area (Å²) in [6, 6.07) is 11.1. The Morgan fingerprint density at radius 2 is 1.77 bits per heavy atom. The molecule has 0 radical (unpaired) electrons. The van der Waals surface area contributed by atoms with E-state index in [0.29, 0.717) is 17.4 Å². The number of benzene rings is 1. The van der Waals surface area contributed by atoms with Crippen LogP contribution < -0.4 is 0 Å². The van der Waals surface area contributed by atoms with Crippen molar-refractivity contribution >= 4 is 23.5 Å². The lowest BCUT2D eigenvalue weighted by Gasteiger charge is -2.42. The van der Waals surface area contributed by atoms with Crippen LogP contribution in [-0.4, -0.2) is 38.2 Å². The Hall–Kier alpha value is -0.200. The van der Waals surface area contributed by atoms with Gasteiger partial charge >= 0.3 is 0 Å². The zero-order valence-electron chi connectivity index (χ0n) is 16.1. The van der Waals surface area contributed by atoms with Crippen LogP contribution in [0.5, 0.6) is 0 Å². The Morgan fingerprint density at radius 3 is 2.50 bits per heavy atom. The molecule has 1 aliphatic carbocycles. The molecule has 0 unspecified atom stereocenters. The van der Waals surface area contributed by atoms with Crippen molar-refractivity contribution in [1.29, 1.82) is 0 Å². The van der Waals surface area contributed by atoms with Gasteiger partial charge in [0.25, 0.3) is 0 Å². The van der Waals surface area contributed by atoms with Crippen molar-refractivity contribution in [3.8, 4) is 0 Å². The average molecular weight is 392 g/mol. The molecule has 0 amide bonds. The molecule has 3 aliphatic heterocycles. The van der Waals surface area contributed by atoms with Crippen LogP contribution in [0.2, 0.25) is 0 Å². The summed E-state index contributed by atoms with van der Waals surface area (Å²) in [6.45, 7) is 9.25. The summed E-state index contributed by atoms with van der Waals surface area (Å²) in [4.78, 5) is 2.61. The molecule has 6 atom stereocenters. The van der Waals surface area contributed by atoms with Crippen molar-refractivity contribution in [2.45, 2.75) is 91.7 Å². The topological polar surface area (TPSA) is 21.7 Å². The number of ether oxygens (including phenoxy) is 2. The lowest BCUT2D eigenvalue weighted by molar-refractivity contribution is -0.0890. The predicted octanol–water partition coefficient (Wildman–Crippen LogP) is 5.16. The van der Waals surface area contributed by atoms with E-state index in [1.54, 1.807) is 0 Å². The molecule has 4 aliphatic rings. The Bertz CT molecular complexity index is 683. The Morgan fingerprint density at radius 1 is 1.04 bits per heavy atom. The molecule has 1 saturated carbocycles. The molecule has 5 heteroatoms. The molecule has 142 valence electrons. The van der Waals surface area contributed by atoms with E-state index in [9.17, 15) is 0 Å². The maximum absolute atomic E-state index is 6.90. The summed E-state index contributed by atoms with van der Waals surface area (Å²) >= 11 is 4.00. The second kappa shape index (κ2) is 5.90. The van der Waals surface area contributed by atoms with Gasteiger partial charge in [-0.15, -0.1) is 11.8 Å². The van der Waals surface area contributed by atoms with Crippen molar-refractivity contribution in [3.63, 3.8) is 0 Å². The number of hydrogen-bond donors (Lipinski definition) is 0. The van der Waals surface area contributed by atoms with Gasteiger partial charge in [0.2, 0.25) is 5.06 Å². The molecule has 3 heterocycles. The average Bonchev–Trinajstić information content (AvgIpc) is 3.18. The smallest absolute Gasteiger partial charge is 0.201 e. The first-order valence-electron chi connectivity index (χ1n) is 9.98. The molecule has 3 saturated heterocycles. The minimum atomic E-state index is -0.454. The summed E-state index contributed by atoms with van der Waals surface area (Å²) in [5.74, 6) is 0. The van der Waals surface area contributed by atoms with Crippen LogP contribution >= 0.6 is 23.5 Å². The summed E-state index contributed by atoms with van der Waals surface area (Å²) in [7, 11) is 0. The maximum atomic E-state index is 6.90. The molecule has 26 heavy (non-hydrogen) atoms. The van der Waals surface area contributed by atoms with Gasteiger partial charge in [0.1, 0.15) is 0 Å². The van der Waals surface area contributed by atoms with Gasteiger partial charge in [-0.1, -0.05) is 54.9 Å². The summed E-state index contributed by atoms with van der Waals surface area (Å²) in [5.41, 5.74) is 1.13. The molecular formula is C21H29NO2S2. The fourth-order valence-electron chi connectivity index (χ4n) is 5.30. The number of fused-ring (bicyclic) bond motifs is 2. The SMILES string of the molecule is C[C@@H]1O[C@@]2(c3ccccc3)S[C@]3(O[C@@H]4CCCC[C@H]4S3)C(C)(C)N2[C@@H]1C. The van der Waals surface area contributed by atoms with E-state index in [4.69, 9.17) is 9.47 Å². The molecule has 5 rings (SSSR count). The molecule has 0 N–H and O–H groups in total. The minimum absolute atomic E-state index is 0.111. The molecular weight excluding hydrogens is 362 g/mol. The quantitative estimate of drug-likeness (QED) is 0.657. The monoisotopic (exact) mass is 391 g/mol. The molecule has 1 spiro atoms. The third kappa shape index (κ3) is 2.21. The Kier molecular flexibility index (Phi) is 4.05. The second-order valence-electron chi connectivity index (χ2n) is 8.70. The number of nitrogens with zero attached hydrogens (tertiary/aromatic N) is 1. The van der Waals surface area contributed by atoms with E-state index in [1.165, 1.54) is 31.2 Å². The van der Waals surface area contributed by atoms with E-state index in [0.717, 1.165) is 0 Å². The predicted molar refractivity (Wildman–Crippen MR) is 109 cm³/mol. The molecule has 4 fully saturated rings. The van der Waals surface area contributed by atoms with Gasteiger partial charge in [-0.3, -0.25) is 0 Å². The highest BCUT2D eigenvalue weighted by Gasteiger charge is 2.75. The van der Waals surface area contributed by atoms with Crippen LogP contribution in [0.4, 0.5) is 0 Å². The molecule has 1 aromatic rings. The van der Waals surface area contributed by atoms with Crippen LogP contribution in [0.1, 0.15) is 58.9 Å². The van der Waals surface area contributed by atoms with Crippen molar-refractivity contribution in [1.82, 2.24) is 4.90 Å². The Labute approximate surface area is 165 Å². The first-order chi connectivity index (χ1) is 12.4.